The summed E-state index contributed by atoms with van der Waals surface area (Å²) in [6, 6.07) is 7.51. The monoisotopic (exact) mass is 316 g/mol. The van der Waals surface area contributed by atoms with E-state index in [2.05, 4.69) is 15.1 Å². The lowest BCUT2D eigenvalue weighted by molar-refractivity contribution is -0.118. The van der Waals surface area contributed by atoms with Crippen LogP contribution in [0.25, 0.3) is 0 Å². The van der Waals surface area contributed by atoms with E-state index < -0.39 is 5.92 Å². The van der Waals surface area contributed by atoms with Gasteiger partial charge in [-0.05, 0) is 12.1 Å². The Balaban J connectivity index is 1.98. The van der Waals surface area contributed by atoms with Crippen molar-refractivity contribution in [3.05, 3.63) is 24.3 Å². The molecule has 1 unspecified atom stereocenters. The fourth-order valence-electron chi connectivity index (χ4n) is 2.22. The van der Waals surface area contributed by atoms with Crippen LogP contribution in [0.1, 0.15) is 13.8 Å². The van der Waals surface area contributed by atoms with Crippen LogP contribution in [0.5, 0.6) is 5.75 Å². The third-order valence-electron chi connectivity index (χ3n) is 3.16. The summed E-state index contributed by atoms with van der Waals surface area (Å²) in [6.07, 6.45) is 1.58. The van der Waals surface area contributed by atoms with E-state index in [9.17, 15) is 4.79 Å². The van der Waals surface area contributed by atoms with E-state index in [0.29, 0.717) is 22.0 Å². The van der Waals surface area contributed by atoms with Gasteiger partial charge in [0.2, 0.25) is 0 Å². The topological polar surface area (TPSA) is 66.6 Å². The van der Waals surface area contributed by atoms with Crippen LogP contribution in [0.4, 0.5) is 5.69 Å². The number of hydrazone groups is 1. The molecule has 0 saturated carbocycles. The lowest BCUT2D eigenvalue weighted by Gasteiger charge is -2.22. The van der Waals surface area contributed by atoms with Gasteiger partial charge in [-0.1, -0.05) is 37.7 Å². The Morgan fingerprint density at radius 1 is 1.27 bits per heavy atom. The number of carbonyl (C=O) groups is 1. The van der Waals surface area contributed by atoms with Crippen molar-refractivity contribution >= 4 is 40.6 Å². The van der Waals surface area contributed by atoms with Crippen LogP contribution in [0.3, 0.4) is 0 Å². The number of rotatable bonds is 3. The summed E-state index contributed by atoms with van der Waals surface area (Å²) in [5.41, 5.74) is 0.756. The van der Waals surface area contributed by atoms with Gasteiger partial charge >= 0.3 is 0 Å². The van der Waals surface area contributed by atoms with E-state index in [-0.39, 0.29) is 5.91 Å². The normalized spacial score (nSPS) is 20.1. The van der Waals surface area contributed by atoms with Gasteiger partial charge in [-0.15, -0.1) is 0 Å². The van der Waals surface area contributed by atoms with Crippen molar-refractivity contribution in [3.8, 4) is 5.75 Å². The third-order valence-corrected chi connectivity index (χ3v) is 4.03. The predicted octanol–water partition coefficient (Wildman–Crippen LogP) is 2.55. The summed E-state index contributed by atoms with van der Waals surface area (Å²) in [5.74, 6) is 0.513. The summed E-state index contributed by atoms with van der Waals surface area (Å²) in [6.45, 7) is 4.07. The molecule has 1 amide bonds. The molecule has 0 saturated heterocycles. The zero-order valence-electron chi connectivity index (χ0n) is 12.6. The minimum Gasteiger partial charge on any atom is -0.494 e. The number of hydrogen-bond acceptors (Lipinski definition) is 6. The SMILES string of the molecule is COc1ccccc1N1N=CC2C(=O)N=C(SC(C)C)N=C21. The molecular formula is C15H16N4O2S. The maximum Gasteiger partial charge on any atom is 0.264 e. The number of ether oxygens (including phenoxy) is 1. The zero-order valence-corrected chi connectivity index (χ0v) is 13.4. The lowest BCUT2D eigenvalue weighted by Crippen LogP contribution is -2.34. The average Bonchev–Trinajstić information content (AvgIpc) is 2.90. The van der Waals surface area contributed by atoms with Crippen LogP contribution in [-0.4, -0.2) is 35.5 Å². The molecule has 6 nitrogen and oxygen atoms in total. The van der Waals surface area contributed by atoms with Crippen molar-refractivity contribution in [2.24, 2.45) is 21.0 Å². The fourth-order valence-corrected chi connectivity index (χ4v) is 2.93. The number of benzene rings is 1. The smallest absolute Gasteiger partial charge is 0.264 e. The largest absolute Gasteiger partial charge is 0.494 e. The molecule has 0 aromatic heterocycles. The van der Waals surface area contributed by atoms with Crippen molar-refractivity contribution in [2.45, 2.75) is 19.1 Å². The van der Waals surface area contributed by atoms with Crippen LogP contribution in [0.15, 0.2) is 39.4 Å². The van der Waals surface area contributed by atoms with Crippen LogP contribution in [0.2, 0.25) is 0 Å². The molecule has 0 bridgehead atoms. The first-order chi connectivity index (χ1) is 10.6. The summed E-state index contributed by atoms with van der Waals surface area (Å²) in [4.78, 5) is 20.7. The Hall–Kier alpha value is -2.15. The molecule has 0 N–H and O–H groups in total. The first-order valence-corrected chi connectivity index (χ1v) is 7.83. The Morgan fingerprint density at radius 2 is 2.05 bits per heavy atom. The molecule has 0 aliphatic carbocycles. The van der Waals surface area contributed by atoms with Gasteiger partial charge < -0.3 is 4.74 Å². The van der Waals surface area contributed by atoms with Gasteiger partial charge in [0.05, 0.1) is 7.11 Å². The fraction of sp³-hybridized carbons (Fsp3) is 0.333. The molecule has 2 aliphatic heterocycles. The Morgan fingerprint density at radius 3 is 2.77 bits per heavy atom. The van der Waals surface area contributed by atoms with E-state index in [1.807, 2.05) is 38.1 Å². The van der Waals surface area contributed by atoms with E-state index >= 15 is 0 Å². The summed E-state index contributed by atoms with van der Waals surface area (Å²) in [5, 5.41) is 6.75. The van der Waals surface area contributed by atoms with Crippen molar-refractivity contribution in [2.75, 3.05) is 12.1 Å². The van der Waals surface area contributed by atoms with E-state index in [0.717, 1.165) is 5.69 Å². The van der Waals surface area contributed by atoms with Gasteiger partial charge in [-0.3, -0.25) is 4.79 Å². The molecular weight excluding hydrogens is 300 g/mol. The van der Waals surface area contributed by atoms with Gasteiger partial charge in [-0.25, -0.2) is 10.0 Å². The second kappa shape index (κ2) is 5.92. The van der Waals surface area contributed by atoms with Gasteiger partial charge in [0.1, 0.15) is 17.4 Å². The first-order valence-electron chi connectivity index (χ1n) is 6.95. The molecule has 22 heavy (non-hydrogen) atoms. The van der Waals surface area contributed by atoms with Gasteiger partial charge in [0.25, 0.3) is 5.91 Å². The van der Waals surface area contributed by atoms with Crippen LogP contribution in [-0.2, 0) is 4.79 Å². The third kappa shape index (κ3) is 2.64. The van der Waals surface area contributed by atoms with Crippen molar-refractivity contribution in [1.82, 2.24) is 0 Å². The number of hydrogen-bond donors (Lipinski definition) is 0. The molecule has 1 atom stereocenters. The summed E-state index contributed by atoms with van der Waals surface area (Å²) < 4.78 is 5.36. The van der Waals surface area contributed by atoms with Crippen molar-refractivity contribution in [1.29, 1.82) is 0 Å². The van der Waals surface area contributed by atoms with Crippen molar-refractivity contribution in [3.63, 3.8) is 0 Å². The molecule has 7 heteroatoms. The van der Waals surface area contributed by atoms with Crippen molar-refractivity contribution < 1.29 is 9.53 Å². The van der Waals surface area contributed by atoms with E-state index in [1.165, 1.54) is 11.8 Å². The minimum absolute atomic E-state index is 0.228. The molecule has 2 heterocycles. The molecule has 1 aromatic carbocycles. The predicted molar refractivity (Wildman–Crippen MR) is 90.1 cm³/mol. The number of thioether (sulfide) groups is 1. The Bertz CT molecular complexity index is 697. The molecule has 0 spiro atoms. The number of para-hydroxylation sites is 2. The number of aliphatic imine (C=N–C) groups is 2. The quantitative estimate of drug-likeness (QED) is 0.859. The second-order valence-electron chi connectivity index (χ2n) is 5.10. The number of methoxy groups -OCH3 is 1. The Labute approximate surface area is 133 Å². The maximum absolute atomic E-state index is 12.2. The first kappa shape index (κ1) is 14.8. The van der Waals surface area contributed by atoms with Crippen LogP contribution >= 0.6 is 11.8 Å². The number of amides is 1. The molecule has 3 rings (SSSR count). The maximum atomic E-state index is 12.2. The highest BCUT2D eigenvalue weighted by Crippen LogP contribution is 2.33. The molecule has 0 radical (unpaired) electrons. The molecule has 1 aromatic rings. The summed E-state index contributed by atoms with van der Waals surface area (Å²) >= 11 is 1.46. The Kier molecular flexibility index (Phi) is 3.98. The average molecular weight is 316 g/mol. The highest BCUT2D eigenvalue weighted by Gasteiger charge is 2.37. The molecule has 0 fully saturated rings. The zero-order chi connectivity index (χ0) is 15.7. The second-order valence-corrected chi connectivity index (χ2v) is 6.64. The summed E-state index contributed by atoms with van der Waals surface area (Å²) in [7, 11) is 1.60. The van der Waals surface area contributed by atoms with E-state index in [4.69, 9.17) is 4.74 Å². The lowest BCUT2D eigenvalue weighted by atomic mass is 10.1. The highest BCUT2D eigenvalue weighted by atomic mass is 32.2. The number of fused-ring (bicyclic) bond motifs is 1. The highest BCUT2D eigenvalue weighted by molar-refractivity contribution is 8.14. The number of carbonyl (C=O) groups excluding carboxylic acids is 1. The number of amidine groups is 2. The van der Waals surface area contributed by atoms with Gasteiger partial charge in [0.15, 0.2) is 11.0 Å². The van der Waals surface area contributed by atoms with Crippen LogP contribution < -0.4 is 9.75 Å². The molecule has 114 valence electrons. The van der Waals surface area contributed by atoms with Gasteiger partial charge in [0, 0.05) is 11.5 Å². The number of nitrogens with zero attached hydrogens (tertiary/aromatic N) is 4. The standard InChI is InChI=1S/C15H16N4O2S/c1-9(2)22-15-17-13-10(14(20)18-15)8-16-19(13)11-6-4-5-7-12(11)21-3/h4-10H,1-3H3. The van der Waals surface area contributed by atoms with Gasteiger partial charge in [-0.2, -0.15) is 10.1 Å². The van der Waals surface area contributed by atoms with Crippen LogP contribution in [0, 0.1) is 5.92 Å². The molecule has 2 aliphatic rings. The van der Waals surface area contributed by atoms with E-state index in [1.54, 1.807) is 18.3 Å². The number of anilines is 1. The minimum atomic E-state index is -0.513.